The van der Waals surface area contributed by atoms with E-state index in [0.717, 1.165) is 16.9 Å². The molecular formula is C14H16N2O. The number of hydrogen-bond donors (Lipinski definition) is 2. The Morgan fingerprint density at radius 1 is 1.29 bits per heavy atom. The molecular weight excluding hydrogens is 212 g/mol. The lowest BCUT2D eigenvalue weighted by Gasteiger charge is -2.08. The van der Waals surface area contributed by atoms with E-state index in [4.69, 9.17) is 0 Å². The molecule has 0 bridgehead atoms. The minimum atomic E-state index is -0.000553. The monoisotopic (exact) mass is 228 g/mol. The Bertz CT molecular complexity index is 515. The number of carbonyl (C=O) groups is 1. The normalized spacial score (nSPS) is 10.2. The van der Waals surface area contributed by atoms with E-state index < -0.39 is 0 Å². The van der Waals surface area contributed by atoms with Gasteiger partial charge in [0.05, 0.1) is 6.42 Å². The maximum Gasteiger partial charge on any atom is 0.230 e. The summed E-state index contributed by atoms with van der Waals surface area (Å²) in [6.45, 7) is 4.04. The summed E-state index contributed by atoms with van der Waals surface area (Å²) in [6.07, 6.45) is 2.19. The minimum absolute atomic E-state index is 0.000553. The highest BCUT2D eigenvalue weighted by atomic mass is 16.1. The number of benzene rings is 1. The fourth-order valence-corrected chi connectivity index (χ4v) is 1.80. The molecule has 2 N–H and O–H groups in total. The van der Waals surface area contributed by atoms with E-state index in [1.807, 2.05) is 44.3 Å². The first kappa shape index (κ1) is 11.5. The van der Waals surface area contributed by atoms with E-state index in [1.165, 1.54) is 5.56 Å². The Hall–Kier alpha value is -2.03. The summed E-state index contributed by atoms with van der Waals surface area (Å²) < 4.78 is 0. The topological polar surface area (TPSA) is 44.9 Å². The van der Waals surface area contributed by atoms with Crippen molar-refractivity contribution in [3.05, 3.63) is 53.3 Å². The smallest absolute Gasteiger partial charge is 0.230 e. The molecule has 1 heterocycles. The lowest BCUT2D eigenvalue weighted by atomic mass is 10.1. The van der Waals surface area contributed by atoms with Gasteiger partial charge in [0.1, 0.15) is 0 Å². The number of H-pyrrole nitrogens is 1. The van der Waals surface area contributed by atoms with Crippen molar-refractivity contribution in [2.24, 2.45) is 0 Å². The third-order valence-corrected chi connectivity index (χ3v) is 2.67. The summed E-state index contributed by atoms with van der Waals surface area (Å²) in [7, 11) is 0. The van der Waals surface area contributed by atoms with Gasteiger partial charge in [-0.3, -0.25) is 4.79 Å². The van der Waals surface area contributed by atoms with Crippen LogP contribution in [0.5, 0.6) is 0 Å². The number of hydrogen-bond acceptors (Lipinski definition) is 1. The summed E-state index contributed by atoms with van der Waals surface area (Å²) in [5.41, 5.74) is 4.09. The van der Waals surface area contributed by atoms with Gasteiger partial charge in [0.2, 0.25) is 5.91 Å². The van der Waals surface area contributed by atoms with Crippen molar-refractivity contribution in [1.82, 2.24) is 4.98 Å². The number of aromatic amines is 1. The number of anilines is 1. The second kappa shape index (κ2) is 4.87. The van der Waals surface area contributed by atoms with Gasteiger partial charge in [-0.1, -0.05) is 17.7 Å². The summed E-state index contributed by atoms with van der Waals surface area (Å²) in [4.78, 5) is 14.8. The molecule has 0 aliphatic carbocycles. The summed E-state index contributed by atoms with van der Waals surface area (Å²) in [6, 6.07) is 9.79. The molecule has 1 aromatic carbocycles. The van der Waals surface area contributed by atoms with Crippen LogP contribution in [0.1, 0.15) is 16.8 Å². The largest absolute Gasteiger partial charge is 0.365 e. The number of aromatic nitrogens is 1. The van der Waals surface area contributed by atoms with Crippen LogP contribution in [-0.2, 0) is 11.2 Å². The average Bonchev–Trinajstić information content (AvgIpc) is 2.75. The van der Waals surface area contributed by atoms with Crippen molar-refractivity contribution in [1.29, 1.82) is 0 Å². The first-order valence-electron chi connectivity index (χ1n) is 5.64. The van der Waals surface area contributed by atoms with Crippen LogP contribution in [-0.4, -0.2) is 10.9 Å². The fourth-order valence-electron chi connectivity index (χ4n) is 1.80. The van der Waals surface area contributed by atoms with E-state index in [0.29, 0.717) is 6.42 Å². The second-order valence-electron chi connectivity index (χ2n) is 4.24. The average molecular weight is 228 g/mol. The van der Waals surface area contributed by atoms with Gasteiger partial charge in [-0.2, -0.15) is 0 Å². The number of carbonyl (C=O) groups excluding carboxylic acids is 1. The Balaban J connectivity index is 2.03. The summed E-state index contributed by atoms with van der Waals surface area (Å²) in [5.74, 6) is -0.000553. The highest BCUT2D eigenvalue weighted by Gasteiger charge is 2.06. The molecule has 0 unspecified atom stereocenters. The minimum Gasteiger partial charge on any atom is -0.365 e. The highest BCUT2D eigenvalue weighted by Crippen LogP contribution is 2.16. The fraction of sp³-hybridized carbons (Fsp3) is 0.214. The van der Waals surface area contributed by atoms with E-state index >= 15 is 0 Å². The predicted molar refractivity (Wildman–Crippen MR) is 69.0 cm³/mol. The third-order valence-electron chi connectivity index (χ3n) is 2.67. The van der Waals surface area contributed by atoms with Crippen molar-refractivity contribution in [2.75, 3.05) is 5.32 Å². The molecule has 3 heteroatoms. The molecule has 2 rings (SSSR count). The van der Waals surface area contributed by atoms with E-state index in [-0.39, 0.29) is 5.91 Å². The first-order valence-corrected chi connectivity index (χ1v) is 5.64. The predicted octanol–water partition coefficient (Wildman–Crippen LogP) is 2.81. The van der Waals surface area contributed by atoms with Crippen LogP contribution < -0.4 is 5.32 Å². The van der Waals surface area contributed by atoms with Gasteiger partial charge in [0.15, 0.2) is 0 Å². The molecule has 0 fully saturated rings. The van der Waals surface area contributed by atoms with Crippen LogP contribution in [0.4, 0.5) is 5.69 Å². The Morgan fingerprint density at radius 3 is 2.76 bits per heavy atom. The molecule has 0 aliphatic heterocycles. The van der Waals surface area contributed by atoms with Crippen molar-refractivity contribution >= 4 is 11.6 Å². The van der Waals surface area contributed by atoms with Crippen molar-refractivity contribution in [3.63, 3.8) is 0 Å². The van der Waals surface area contributed by atoms with Gasteiger partial charge >= 0.3 is 0 Å². The van der Waals surface area contributed by atoms with Crippen LogP contribution in [0.2, 0.25) is 0 Å². The van der Waals surface area contributed by atoms with Gasteiger partial charge < -0.3 is 10.3 Å². The zero-order valence-corrected chi connectivity index (χ0v) is 10.1. The molecule has 0 aliphatic rings. The number of rotatable bonds is 3. The zero-order chi connectivity index (χ0) is 12.3. The van der Waals surface area contributed by atoms with E-state index in [1.54, 1.807) is 0 Å². The molecule has 2 aromatic rings. The van der Waals surface area contributed by atoms with Crippen LogP contribution >= 0.6 is 0 Å². The zero-order valence-electron chi connectivity index (χ0n) is 10.1. The molecule has 0 saturated heterocycles. The molecule has 1 amide bonds. The van der Waals surface area contributed by atoms with Crippen molar-refractivity contribution < 1.29 is 4.79 Å². The van der Waals surface area contributed by atoms with Crippen molar-refractivity contribution in [3.8, 4) is 0 Å². The Kier molecular flexibility index (Phi) is 3.28. The Labute approximate surface area is 101 Å². The highest BCUT2D eigenvalue weighted by molar-refractivity contribution is 5.92. The van der Waals surface area contributed by atoms with E-state index in [2.05, 4.69) is 16.4 Å². The molecule has 3 nitrogen and oxygen atoms in total. The number of aryl methyl sites for hydroxylation is 2. The number of nitrogens with one attached hydrogen (secondary N) is 2. The standard InChI is InChI=1S/C14H16N2O/c1-10-5-6-13(11(2)8-10)16-14(17)9-12-4-3-7-15-12/h3-8,15H,9H2,1-2H3,(H,16,17). The van der Waals surface area contributed by atoms with E-state index in [9.17, 15) is 4.79 Å². The molecule has 0 atom stereocenters. The first-order chi connectivity index (χ1) is 8.15. The molecule has 0 saturated carbocycles. The van der Waals surface area contributed by atoms with Crippen LogP contribution in [0, 0.1) is 13.8 Å². The van der Waals surface area contributed by atoms with Crippen molar-refractivity contribution in [2.45, 2.75) is 20.3 Å². The molecule has 17 heavy (non-hydrogen) atoms. The van der Waals surface area contributed by atoms with Gasteiger partial charge in [0.25, 0.3) is 0 Å². The SMILES string of the molecule is Cc1ccc(NC(=O)Cc2ccc[nH]2)c(C)c1. The molecule has 0 radical (unpaired) electrons. The maximum atomic E-state index is 11.8. The lowest BCUT2D eigenvalue weighted by Crippen LogP contribution is -2.15. The molecule has 88 valence electrons. The quantitative estimate of drug-likeness (QED) is 0.833. The third kappa shape index (κ3) is 2.97. The van der Waals surface area contributed by atoms with Gasteiger partial charge in [-0.25, -0.2) is 0 Å². The summed E-state index contributed by atoms with van der Waals surface area (Å²) in [5, 5.41) is 2.92. The summed E-state index contributed by atoms with van der Waals surface area (Å²) >= 11 is 0. The lowest BCUT2D eigenvalue weighted by molar-refractivity contribution is -0.115. The van der Waals surface area contributed by atoms with Gasteiger partial charge in [-0.15, -0.1) is 0 Å². The maximum absolute atomic E-state index is 11.8. The molecule has 0 spiro atoms. The number of amides is 1. The Morgan fingerprint density at radius 2 is 2.12 bits per heavy atom. The van der Waals surface area contributed by atoms with Crippen LogP contribution in [0.3, 0.4) is 0 Å². The van der Waals surface area contributed by atoms with Crippen LogP contribution in [0.15, 0.2) is 36.5 Å². The van der Waals surface area contributed by atoms with Gasteiger partial charge in [-0.05, 0) is 37.6 Å². The molecule has 1 aromatic heterocycles. The van der Waals surface area contributed by atoms with Gasteiger partial charge in [0, 0.05) is 17.6 Å². The second-order valence-corrected chi connectivity index (χ2v) is 4.24. The van der Waals surface area contributed by atoms with Crippen LogP contribution in [0.25, 0.3) is 0 Å².